The second kappa shape index (κ2) is 22.9. The molecule has 2 aliphatic heterocycles. The van der Waals surface area contributed by atoms with E-state index >= 15 is 0 Å². The molecule has 4 fully saturated rings. The van der Waals surface area contributed by atoms with E-state index in [9.17, 15) is 9.59 Å². The van der Waals surface area contributed by atoms with Crippen LogP contribution in [0.3, 0.4) is 0 Å². The van der Waals surface area contributed by atoms with Gasteiger partial charge in [-0.3, -0.25) is 9.59 Å². The summed E-state index contributed by atoms with van der Waals surface area (Å²) >= 11 is 13.4. The predicted molar refractivity (Wildman–Crippen MR) is 312 cm³/mol. The fourth-order valence-electron chi connectivity index (χ4n) is 12.9. The van der Waals surface area contributed by atoms with Gasteiger partial charge in [0.15, 0.2) is 0 Å². The molecule has 6 aromatic rings. The fourth-order valence-corrected chi connectivity index (χ4v) is 22.9. The minimum atomic E-state index is -2.65. The molecule has 2 aliphatic carbocycles. The maximum atomic E-state index is 14.0. The summed E-state index contributed by atoms with van der Waals surface area (Å²) in [7, 11) is -5.15. The third kappa shape index (κ3) is 11.4. The Balaban J connectivity index is 0.000000204. The highest BCUT2D eigenvalue weighted by Gasteiger charge is 2.55. The van der Waals surface area contributed by atoms with E-state index in [2.05, 4.69) is 168 Å². The normalized spacial score (nSPS) is 22.2. The number of hydrogen-bond donors (Lipinski definition) is 1. The van der Waals surface area contributed by atoms with Gasteiger partial charge < -0.3 is 23.8 Å². The number of nitrogens with one attached hydrogen (secondary N) is 1. The Morgan fingerprint density at radius 3 is 1.31 bits per heavy atom. The van der Waals surface area contributed by atoms with Crippen LogP contribution < -0.4 is 30.8 Å². The first-order valence-electron chi connectivity index (χ1n) is 27.3. The van der Waals surface area contributed by atoms with Crippen LogP contribution in [0, 0.1) is 10.8 Å². The Morgan fingerprint density at radius 2 is 0.933 bits per heavy atom. The molecule has 11 heteroatoms. The third-order valence-electron chi connectivity index (χ3n) is 17.0. The quantitative estimate of drug-likeness (QED) is 0.117. The molecule has 0 unspecified atom stereocenters. The average molecular weight is 1080 g/mol. The van der Waals surface area contributed by atoms with Gasteiger partial charge in [0.1, 0.15) is 12.4 Å². The predicted octanol–water partition coefficient (Wildman–Crippen LogP) is 12.8. The molecule has 2 amide bonds. The first-order valence-corrected chi connectivity index (χ1v) is 31.9. The number of amides is 2. The summed E-state index contributed by atoms with van der Waals surface area (Å²) in [6, 6.07) is 56.9. The summed E-state index contributed by atoms with van der Waals surface area (Å²) in [5.41, 5.74) is 1.36. The van der Waals surface area contributed by atoms with Crippen molar-refractivity contribution in [2.45, 2.75) is 141 Å². The van der Waals surface area contributed by atoms with E-state index in [1.165, 1.54) is 20.7 Å². The van der Waals surface area contributed by atoms with Crippen molar-refractivity contribution in [2.24, 2.45) is 10.8 Å². The topological polar surface area (TPSA) is 77.1 Å². The summed E-state index contributed by atoms with van der Waals surface area (Å²) in [5.74, 6) is 1.10. The number of halogens is 2. The lowest BCUT2D eigenvalue weighted by molar-refractivity contribution is -0.139. The van der Waals surface area contributed by atoms with Crippen LogP contribution >= 0.6 is 23.2 Å². The fraction of sp³-hybridized carbons (Fsp3) is 0.406. The molecule has 0 radical (unpaired) electrons. The Kier molecular flexibility index (Phi) is 16.7. The van der Waals surface area contributed by atoms with Crippen LogP contribution in [0.25, 0.3) is 0 Å². The van der Waals surface area contributed by atoms with Crippen molar-refractivity contribution >= 4 is 72.4 Å². The van der Waals surface area contributed by atoms with Gasteiger partial charge in [0.2, 0.25) is 11.8 Å². The first kappa shape index (κ1) is 54.8. The van der Waals surface area contributed by atoms with E-state index in [4.69, 9.17) is 36.8 Å². The second-order valence-corrected chi connectivity index (χ2v) is 33.0. The van der Waals surface area contributed by atoms with Crippen LogP contribution in [0.15, 0.2) is 164 Å². The van der Waals surface area contributed by atoms with Gasteiger partial charge in [0.25, 0.3) is 16.6 Å². The molecule has 2 saturated carbocycles. The Morgan fingerprint density at radius 1 is 0.547 bits per heavy atom. The lowest BCUT2D eigenvalue weighted by Gasteiger charge is -2.47. The standard InChI is InChI=1S/C39H43Cl2NO3Si.C25H33NO2Si/c1-38(2,3)46(32-15-9-5-10-16-32,33-17-11-6-12-18-33)45-30-19-21-39(22-20-30)23-24-42(37(39)43)27-34-35(40)25-31(26-36(34)41)44-28-29-13-7-4-8-14-29;1-24(2,3)29(21-10-6-4-7-11-21,22-12-8-5-9-13-22)28-20-14-16-25(17-15-20)18-19-26-23(25)27/h4-18,25-26,30H,19-24,27-28H2,1-3H3;4-13,20H,14-19H2,1-3H3,(H,26,27). The third-order valence-corrected chi connectivity index (χ3v) is 27.8. The van der Waals surface area contributed by atoms with Gasteiger partial charge in [-0.2, -0.15) is 0 Å². The molecule has 394 valence electrons. The van der Waals surface area contributed by atoms with Crippen LogP contribution in [0.2, 0.25) is 20.1 Å². The molecule has 0 aromatic heterocycles. The summed E-state index contributed by atoms with van der Waals surface area (Å²) in [4.78, 5) is 28.4. The van der Waals surface area contributed by atoms with E-state index in [1.54, 1.807) is 12.1 Å². The van der Waals surface area contributed by atoms with Crippen LogP contribution in [-0.2, 0) is 31.6 Å². The highest BCUT2D eigenvalue weighted by atomic mass is 35.5. The summed E-state index contributed by atoms with van der Waals surface area (Å²) in [6.07, 6.45) is 9.39. The lowest BCUT2D eigenvalue weighted by Crippen LogP contribution is -2.68. The highest BCUT2D eigenvalue weighted by Crippen LogP contribution is 2.49. The Labute approximate surface area is 459 Å². The largest absolute Gasteiger partial charge is 0.489 e. The van der Waals surface area contributed by atoms with E-state index in [1.807, 2.05) is 35.2 Å². The molecule has 2 heterocycles. The number of ether oxygens (including phenoxy) is 1. The zero-order valence-corrected chi connectivity index (χ0v) is 48.4. The van der Waals surface area contributed by atoms with E-state index in [0.29, 0.717) is 35.5 Å². The van der Waals surface area contributed by atoms with Gasteiger partial charge >= 0.3 is 0 Å². The molecule has 7 nitrogen and oxygen atoms in total. The van der Waals surface area contributed by atoms with Crippen molar-refractivity contribution in [3.8, 4) is 5.75 Å². The number of rotatable bonds is 13. The summed E-state index contributed by atoms with van der Waals surface area (Å²) in [5, 5.41) is 9.26. The van der Waals surface area contributed by atoms with Gasteiger partial charge in [-0.15, -0.1) is 0 Å². The molecule has 10 rings (SSSR count). The maximum Gasteiger partial charge on any atom is 0.261 e. The van der Waals surface area contributed by atoms with Crippen LogP contribution in [0.1, 0.15) is 117 Å². The van der Waals surface area contributed by atoms with E-state index < -0.39 is 16.6 Å². The highest BCUT2D eigenvalue weighted by molar-refractivity contribution is 7.00. The zero-order valence-electron chi connectivity index (χ0n) is 44.9. The number of benzene rings is 6. The number of hydrogen-bond acceptors (Lipinski definition) is 5. The van der Waals surface area contributed by atoms with Crippen molar-refractivity contribution < 1.29 is 23.2 Å². The SMILES string of the molecule is CC(C)(C)[Si](OC1CCC2(CC1)CCN(Cc1c(Cl)cc(OCc3ccccc3)cc1Cl)C2=O)(c1ccccc1)c1ccccc1.CC(C)(C)[Si](OC1CCC2(CCNC2=O)CC1)(c1ccccc1)c1ccccc1. The van der Waals surface area contributed by atoms with Crippen LogP contribution in [0.5, 0.6) is 5.75 Å². The van der Waals surface area contributed by atoms with Crippen molar-refractivity contribution in [2.75, 3.05) is 13.1 Å². The monoisotopic (exact) mass is 1080 g/mol. The molecule has 0 atom stereocenters. The molecule has 2 spiro atoms. The number of carbonyl (C=O) groups excluding carboxylic acids is 2. The Hall–Kier alpha value is -5.01. The van der Waals surface area contributed by atoms with Gasteiger partial charge in [-0.1, -0.05) is 216 Å². The molecule has 1 N–H and O–H groups in total. The van der Waals surface area contributed by atoms with E-state index in [0.717, 1.165) is 81.9 Å². The van der Waals surface area contributed by atoms with Crippen molar-refractivity contribution in [3.05, 3.63) is 185 Å². The summed E-state index contributed by atoms with van der Waals surface area (Å²) < 4.78 is 20.6. The molecular weight excluding hydrogens is 1000 g/mol. The van der Waals surface area contributed by atoms with Crippen molar-refractivity contribution in [1.82, 2.24) is 10.2 Å². The summed E-state index contributed by atoms with van der Waals surface area (Å²) in [6.45, 7) is 16.3. The number of nitrogens with zero attached hydrogens (tertiary/aromatic N) is 1. The number of carbonyl (C=O) groups is 2. The molecule has 6 aromatic carbocycles. The molecule has 4 aliphatic rings. The van der Waals surface area contributed by atoms with Gasteiger partial charge in [0.05, 0.1) is 20.9 Å². The minimum absolute atomic E-state index is 0.00439. The Bertz CT molecular complexity index is 2740. The van der Waals surface area contributed by atoms with Gasteiger partial charge in [0, 0.05) is 37.4 Å². The van der Waals surface area contributed by atoms with E-state index in [-0.39, 0.29) is 44.9 Å². The van der Waals surface area contributed by atoms with Gasteiger partial charge in [-0.05, 0) is 113 Å². The minimum Gasteiger partial charge on any atom is -0.489 e. The van der Waals surface area contributed by atoms with Crippen LogP contribution in [-0.4, -0.2) is 58.6 Å². The number of likely N-dealkylation sites (tertiary alicyclic amines) is 1. The maximum absolute atomic E-state index is 14.0. The molecule has 2 saturated heterocycles. The van der Waals surface area contributed by atoms with Crippen molar-refractivity contribution in [3.63, 3.8) is 0 Å². The first-order chi connectivity index (χ1) is 36.0. The molecular formula is C64H76Cl2N2O5Si2. The zero-order chi connectivity index (χ0) is 52.9. The average Bonchev–Trinajstić information content (AvgIpc) is 3.92. The van der Waals surface area contributed by atoms with Crippen molar-refractivity contribution in [1.29, 1.82) is 0 Å². The lowest BCUT2D eigenvalue weighted by atomic mass is 9.72. The second-order valence-electron chi connectivity index (χ2n) is 23.6. The van der Waals surface area contributed by atoms with Gasteiger partial charge in [-0.25, -0.2) is 0 Å². The molecule has 75 heavy (non-hydrogen) atoms. The smallest absolute Gasteiger partial charge is 0.261 e. The van der Waals surface area contributed by atoms with Crippen LogP contribution in [0.4, 0.5) is 0 Å². The molecule has 0 bridgehead atoms.